The molecule has 2 N–H and O–H groups in total. The Kier molecular flexibility index (Phi) is 5.83. The Bertz CT molecular complexity index is 994. The van der Waals surface area contributed by atoms with Crippen LogP contribution in [0.4, 0.5) is 0 Å². The summed E-state index contributed by atoms with van der Waals surface area (Å²) in [6.07, 6.45) is 1.94. The quantitative estimate of drug-likeness (QED) is 0.743. The Labute approximate surface area is 177 Å². The first-order chi connectivity index (χ1) is 14.4. The van der Waals surface area contributed by atoms with E-state index in [0.29, 0.717) is 36.2 Å². The van der Waals surface area contributed by atoms with Crippen molar-refractivity contribution in [3.8, 4) is 29.7 Å². The third kappa shape index (κ3) is 3.02. The van der Waals surface area contributed by atoms with Crippen LogP contribution in [0, 0.1) is 56.7 Å². The summed E-state index contributed by atoms with van der Waals surface area (Å²) in [4.78, 5) is 1.31. The molecule has 30 heavy (non-hydrogen) atoms. The lowest BCUT2D eigenvalue weighted by molar-refractivity contribution is -0.920. The molecule has 0 radical (unpaired) electrons. The zero-order chi connectivity index (χ0) is 22.1. The highest BCUT2D eigenvalue weighted by Crippen LogP contribution is 2.53. The summed E-state index contributed by atoms with van der Waals surface area (Å²) in [6, 6.07) is 12.2. The Morgan fingerprint density at radius 1 is 1.17 bits per heavy atom. The van der Waals surface area contributed by atoms with Gasteiger partial charge in [-0.25, -0.2) is 0 Å². The van der Waals surface area contributed by atoms with Gasteiger partial charge >= 0.3 is 0 Å². The van der Waals surface area contributed by atoms with Crippen LogP contribution >= 0.6 is 0 Å². The van der Waals surface area contributed by atoms with Crippen LogP contribution in [0.3, 0.4) is 0 Å². The first kappa shape index (κ1) is 21.4. The fraction of sp³-hybridized carbons (Fsp3) is 0.478. The second kappa shape index (κ2) is 8.19. The zero-order valence-electron chi connectivity index (χ0n) is 17.7. The highest BCUT2D eigenvalue weighted by atomic mass is 16.5. The molecule has 0 aromatic heterocycles. The number of hydrogen-bond donors (Lipinski definition) is 2. The van der Waals surface area contributed by atoms with Gasteiger partial charge in [0.2, 0.25) is 5.41 Å². The van der Waals surface area contributed by atoms with E-state index in [2.05, 4.69) is 32.1 Å². The molecule has 1 unspecified atom stereocenters. The highest BCUT2D eigenvalue weighted by Gasteiger charge is 2.58. The van der Waals surface area contributed by atoms with E-state index in [1.54, 1.807) is 20.3 Å². The number of nitrogens with one attached hydrogen (secondary N) is 2. The maximum Gasteiger partial charge on any atom is 0.203 e. The number of methoxy groups -OCH3 is 2. The van der Waals surface area contributed by atoms with Crippen molar-refractivity contribution >= 4 is 5.71 Å². The van der Waals surface area contributed by atoms with Crippen LogP contribution in [0.5, 0.6) is 11.5 Å². The normalized spacial score (nSPS) is 27.1. The summed E-state index contributed by atoms with van der Waals surface area (Å²) in [5.74, 6) is -0.502. The minimum absolute atomic E-state index is 0.152. The Hall–Kier alpha value is -3.34. The standard InChI is InChI=1S/C23H25N5O2/c1-14(2)28-9-8-18-17(11-28)20(15-6-5-7-19(29-3)21(15)30-4)16(10-24)22(27)23(18,12-25)13-26/h5-8,14,16-17,20,27H,9,11H2,1-4H3/p+1/t16-,17+,20+/m0/s1. The summed E-state index contributed by atoms with van der Waals surface area (Å²) in [6.45, 7) is 5.61. The van der Waals surface area contributed by atoms with Gasteiger partial charge in [-0.3, -0.25) is 0 Å². The molecule has 1 aliphatic heterocycles. The van der Waals surface area contributed by atoms with E-state index in [0.717, 1.165) is 5.56 Å². The Morgan fingerprint density at radius 2 is 1.87 bits per heavy atom. The number of rotatable bonds is 4. The molecular formula is C23H26N5O2+. The molecule has 7 heteroatoms. The zero-order valence-corrected chi connectivity index (χ0v) is 17.7. The summed E-state index contributed by atoms with van der Waals surface area (Å²) < 4.78 is 11.1. The van der Waals surface area contributed by atoms with Crippen LogP contribution in [-0.2, 0) is 0 Å². The molecule has 7 nitrogen and oxygen atoms in total. The summed E-state index contributed by atoms with van der Waals surface area (Å²) in [5.41, 5.74) is -0.446. The van der Waals surface area contributed by atoms with Crippen molar-refractivity contribution in [3.63, 3.8) is 0 Å². The average Bonchev–Trinajstić information content (AvgIpc) is 2.77. The number of fused-ring (bicyclic) bond motifs is 1. The monoisotopic (exact) mass is 404 g/mol. The molecular weight excluding hydrogens is 378 g/mol. The second-order valence-electron chi connectivity index (χ2n) is 8.09. The maximum absolute atomic E-state index is 10.1. The fourth-order valence-corrected chi connectivity index (χ4v) is 4.88. The van der Waals surface area contributed by atoms with Crippen molar-refractivity contribution in [2.75, 3.05) is 27.3 Å². The van der Waals surface area contributed by atoms with Crippen molar-refractivity contribution in [3.05, 3.63) is 35.4 Å². The van der Waals surface area contributed by atoms with Gasteiger partial charge in [0.1, 0.15) is 0 Å². The molecule has 1 heterocycles. The molecule has 4 atom stereocenters. The summed E-state index contributed by atoms with van der Waals surface area (Å²) in [5, 5.41) is 38.7. The molecule has 3 rings (SSSR count). The number of ether oxygens (including phenoxy) is 2. The van der Waals surface area contributed by atoms with Gasteiger partial charge in [-0.1, -0.05) is 12.1 Å². The largest absolute Gasteiger partial charge is 0.493 e. The van der Waals surface area contributed by atoms with Gasteiger partial charge < -0.3 is 19.8 Å². The number of nitrogens with zero attached hydrogens (tertiary/aromatic N) is 3. The van der Waals surface area contributed by atoms with E-state index in [4.69, 9.17) is 14.9 Å². The summed E-state index contributed by atoms with van der Waals surface area (Å²) in [7, 11) is 3.11. The first-order valence-corrected chi connectivity index (χ1v) is 9.97. The van der Waals surface area contributed by atoms with Crippen LogP contribution in [0.2, 0.25) is 0 Å². The third-order valence-corrected chi connectivity index (χ3v) is 6.49. The third-order valence-electron chi connectivity index (χ3n) is 6.49. The molecule has 0 bridgehead atoms. The maximum atomic E-state index is 10.1. The first-order valence-electron chi connectivity index (χ1n) is 9.97. The molecule has 154 valence electrons. The van der Waals surface area contributed by atoms with E-state index in [9.17, 15) is 15.8 Å². The topological polar surface area (TPSA) is 118 Å². The molecule has 0 amide bonds. The Balaban J connectivity index is 2.28. The number of quaternary nitrogens is 1. The lowest BCUT2D eigenvalue weighted by Crippen LogP contribution is -3.16. The van der Waals surface area contributed by atoms with Gasteiger partial charge in [0.15, 0.2) is 11.5 Å². The van der Waals surface area contributed by atoms with Crippen molar-refractivity contribution in [1.29, 1.82) is 21.2 Å². The number of benzene rings is 1. The van der Waals surface area contributed by atoms with Crippen molar-refractivity contribution in [2.24, 2.45) is 17.3 Å². The Morgan fingerprint density at radius 3 is 2.40 bits per heavy atom. The highest BCUT2D eigenvalue weighted by molar-refractivity contribution is 6.01. The number of para-hydroxylation sites is 1. The molecule has 2 aliphatic rings. The lowest BCUT2D eigenvalue weighted by Gasteiger charge is -2.46. The minimum Gasteiger partial charge on any atom is -0.493 e. The van der Waals surface area contributed by atoms with E-state index in [1.807, 2.05) is 18.2 Å². The van der Waals surface area contributed by atoms with E-state index in [1.165, 1.54) is 4.90 Å². The molecule has 0 saturated heterocycles. The molecule has 1 fully saturated rings. The smallest absolute Gasteiger partial charge is 0.203 e. The molecule has 1 aliphatic carbocycles. The van der Waals surface area contributed by atoms with Gasteiger partial charge in [0.05, 0.1) is 63.2 Å². The van der Waals surface area contributed by atoms with Crippen LogP contribution in [0.1, 0.15) is 25.3 Å². The van der Waals surface area contributed by atoms with Gasteiger partial charge in [-0.05, 0) is 31.6 Å². The predicted molar refractivity (Wildman–Crippen MR) is 110 cm³/mol. The predicted octanol–water partition coefficient (Wildman–Crippen LogP) is 1.84. The molecule has 1 aromatic carbocycles. The van der Waals surface area contributed by atoms with Crippen LogP contribution in [0.25, 0.3) is 0 Å². The van der Waals surface area contributed by atoms with Gasteiger partial charge in [-0.2, -0.15) is 15.8 Å². The van der Waals surface area contributed by atoms with Crippen LogP contribution in [0.15, 0.2) is 29.8 Å². The van der Waals surface area contributed by atoms with Gasteiger partial charge in [-0.15, -0.1) is 0 Å². The lowest BCUT2D eigenvalue weighted by atomic mass is 9.55. The summed E-state index contributed by atoms with van der Waals surface area (Å²) >= 11 is 0. The number of hydrogen-bond acceptors (Lipinski definition) is 6. The van der Waals surface area contributed by atoms with Crippen molar-refractivity contribution in [1.82, 2.24) is 0 Å². The average molecular weight is 404 g/mol. The van der Waals surface area contributed by atoms with E-state index < -0.39 is 17.3 Å². The fourth-order valence-electron chi connectivity index (χ4n) is 4.88. The van der Waals surface area contributed by atoms with E-state index in [-0.39, 0.29) is 11.6 Å². The van der Waals surface area contributed by atoms with E-state index >= 15 is 0 Å². The SMILES string of the molecule is COc1cccc([C@@H]2[C@H](C#N)C(=N)C(C#N)(C#N)C3=CC[NH+](C(C)C)C[C@H]32)c1OC. The molecule has 1 saturated carbocycles. The van der Waals surface area contributed by atoms with Gasteiger partial charge in [0, 0.05) is 17.4 Å². The van der Waals surface area contributed by atoms with Crippen molar-refractivity contribution in [2.45, 2.75) is 25.8 Å². The van der Waals surface area contributed by atoms with Crippen molar-refractivity contribution < 1.29 is 14.4 Å². The minimum atomic E-state index is -1.70. The van der Waals surface area contributed by atoms with Crippen LogP contribution in [-0.4, -0.2) is 39.1 Å². The molecule has 1 aromatic rings. The number of nitriles is 3. The molecule has 0 spiro atoms. The van der Waals surface area contributed by atoms with Crippen LogP contribution < -0.4 is 14.4 Å². The second-order valence-corrected chi connectivity index (χ2v) is 8.09. The van der Waals surface area contributed by atoms with Gasteiger partial charge in [0.25, 0.3) is 0 Å².